The molecule has 0 bridgehead atoms. The number of nitrogens with zero attached hydrogens (tertiary/aromatic N) is 1. The SMILES string of the molecule is Cc1ccc(CNC[C@]2(O)CCCN(Cc3ccc(F)c(F)c3)C2=O)s1. The van der Waals surface area contributed by atoms with Crippen LogP contribution in [0.3, 0.4) is 0 Å². The van der Waals surface area contributed by atoms with Crippen molar-refractivity contribution < 1.29 is 18.7 Å². The van der Waals surface area contributed by atoms with E-state index in [4.69, 9.17) is 0 Å². The second kappa shape index (κ2) is 7.82. The van der Waals surface area contributed by atoms with E-state index in [0.29, 0.717) is 31.5 Å². The molecule has 4 nitrogen and oxygen atoms in total. The van der Waals surface area contributed by atoms with Gasteiger partial charge in [0.05, 0.1) is 0 Å². The number of likely N-dealkylation sites (tertiary alicyclic amines) is 1. The fourth-order valence-electron chi connectivity index (χ4n) is 3.21. The Bertz CT molecular complexity index is 796. The summed E-state index contributed by atoms with van der Waals surface area (Å²) in [5.74, 6) is -2.22. The zero-order chi connectivity index (χ0) is 18.7. The van der Waals surface area contributed by atoms with Crippen LogP contribution in [0.15, 0.2) is 30.3 Å². The van der Waals surface area contributed by atoms with Crippen molar-refractivity contribution in [1.29, 1.82) is 0 Å². The first kappa shape index (κ1) is 18.9. The molecule has 1 atom stereocenters. The number of halogens is 2. The topological polar surface area (TPSA) is 52.6 Å². The lowest BCUT2D eigenvalue weighted by molar-refractivity contribution is -0.157. The third-order valence-corrected chi connectivity index (χ3v) is 5.57. The summed E-state index contributed by atoms with van der Waals surface area (Å²) in [7, 11) is 0. The number of aryl methyl sites for hydroxylation is 1. The van der Waals surface area contributed by atoms with Crippen molar-refractivity contribution in [3.05, 3.63) is 57.3 Å². The molecule has 3 rings (SSSR count). The van der Waals surface area contributed by atoms with E-state index in [2.05, 4.69) is 5.32 Å². The van der Waals surface area contributed by atoms with Gasteiger partial charge >= 0.3 is 0 Å². The van der Waals surface area contributed by atoms with Gasteiger partial charge in [0.25, 0.3) is 5.91 Å². The Morgan fingerprint density at radius 2 is 2.08 bits per heavy atom. The number of amides is 1. The lowest BCUT2D eigenvalue weighted by Crippen LogP contribution is -2.57. The van der Waals surface area contributed by atoms with E-state index in [1.165, 1.54) is 15.8 Å². The average Bonchev–Trinajstić information content (AvgIpc) is 3.01. The molecule has 2 heterocycles. The summed E-state index contributed by atoms with van der Waals surface area (Å²) in [6, 6.07) is 7.65. The number of benzene rings is 1. The highest BCUT2D eigenvalue weighted by molar-refractivity contribution is 7.11. The van der Waals surface area contributed by atoms with E-state index in [1.807, 2.05) is 19.1 Å². The van der Waals surface area contributed by atoms with Crippen LogP contribution in [0.4, 0.5) is 8.78 Å². The summed E-state index contributed by atoms with van der Waals surface area (Å²) in [4.78, 5) is 16.6. The monoisotopic (exact) mass is 380 g/mol. The number of nitrogens with one attached hydrogen (secondary N) is 1. The van der Waals surface area contributed by atoms with E-state index >= 15 is 0 Å². The highest BCUT2D eigenvalue weighted by atomic mass is 32.1. The van der Waals surface area contributed by atoms with Crippen molar-refractivity contribution in [3.63, 3.8) is 0 Å². The Balaban J connectivity index is 1.61. The molecule has 1 fully saturated rings. The molecular formula is C19H22F2N2O2S. The number of aliphatic hydroxyl groups is 1. The summed E-state index contributed by atoms with van der Waals surface area (Å²) in [5.41, 5.74) is -0.966. The van der Waals surface area contributed by atoms with E-state index in [-0.39, 0.29) is 19.0 Å². The van der Waals surface area contributed by atoms with Crippen LogP contribution in [-0.4, -0.2) is 34.6 Å². The number of hydrogen-bond acceptors (Lipinski definition) is 4. The van der Waals surface area contributed by atoms with E-state index in [0.717, 1.165) is 17.0 Å². The largest absolute Gasteiger partial charge is 0.379 e. The molecule has 0 unspecified atom stereocenters. The molecule has 2 N–H and O–H groups in total. The molecule has 0 spiro atoms. The lowest BCUT2D eigenvalue weighted by atomic mass is 9.91. The molecule has 1 saturated heterocycles. The molecule has 1 aromatic heterocycles. The smallest absolute Gasteiger partial charge is 0.256 e. The summed E-state index contributed by atoms with van der Waals surface area (Å²) in [6.07, 6.45) is 1.04. The Labute approximate surface area is 155 Å². The van der Waals surface area contributed by atoms with Crippen molar-refractivity contribution in [2.24, 2.45) is 0 Å². The van der Waals surface area contributed by atoms with Gasteiger partial charge in [0, 0.05) is 35.9 Å². The zero-order valence-corrected chi connectivity index (χ0v) is 15.4. The quantitative estimate of drug-likeness (QED) is 0.810. The van der Waals surface area contributed by atoms with Crippen molar-refractivity contribution >= 4 is 17.2 Å². The first-order chi connectivity index (χ1) is 12.4. The zero-order valence-electron chi connectivity index (χ0n) is 14.6. The summed E-state index contributed by atoms with van der Waals surface area (Å²) in [5, 5.41) is 13.9. The van der Waals surface area contributed by atoms with Gasteiger partial charge in [-0.15, -0.1) is 11.3 Å². The second-order valence-corrected chi connectivity index (χ2v) is 8.10. The normalized spacial score (nSPS) is 20.6. The molecule has 1 amide bonds. The van der Waals surface area contributed by atoms with Crippen LogP contribution in [0.5, 0.6) is 0 Å². The van der Waals surface area contributed by atoms with Gasteiger partial charge in [-0.1, -0.05) is 6.07 Å². The number of thiophene rings is 1. The molecule has 1 aromatic carbocycles. The van der Waals surface area contributed by atoms with Gasteiger partial charge in [-0.3, -0.25) is 4.79 Å². The standard InChI is InChI=1S/C19H22F2N2O2S/c1-13-3-5-15(26-13)10-22-12-19(25)7-2-8-23(18(19)24)11-14-4-6-16(20)17(21)9-14/h3-6,9,22,25H,2,7-8,10-12H2,1H3/t19-/m1/s1. The molecule has 7 heteroatoms. The van der Waals surface area contributed by atoms with Crippen molar-refractivity contribution in [2.45, 2.75) is 38.5 Å². The third-order valence-electron chi connectivity index (χ3n) is 4.57. The molecule has 1 aliphatic heterocycles. The Hall–Kier alpha value is -1.83. The van der Waals surface area contributed by atoms with Gasteiger partial charge in [0.15, 0.2) is 17.2 Å². The highest BCUT2D eigenvalue weighted by Gasteiger charge is 2.41. The maximum atomic E-state index is 13.4. The number of rotatable bonds is 6. The van der Waals surface area contributed by atoms with Crippen molar-refractivity contribution in [2.75, 3.05) is 13.1 Å². The van der Waals surface area contributed by atoms with Crippen LogP contribution in [0, 0.1) is 18.6 Å². The average molecular weight is 380 g/mol. The van der Waals surface area contributed by atoms with Gasteiger partial charge in [-0.25, -0.2) is 8.78 Å². The van der Waals surface area contributed by atoms with Gasteiger partial charge in [0.1, 0.15) is 0 Å². The van der Waals surface area contributed by atoms with Crippen LogP contribution in [-0.2, 0) is 17.9 Å². The Morgan fingerprint density at radius 1 is 1.27 bits per heavy atom. The lowest BCUT2D eigenvalue weighted by Gasteiger charge is -2.38. The Morgan fingerprint density at radius 3 is 2.77 bits per heavy atom. The highest BCUT2D eigenvalue weighted by Crippen LogP contribution is 2.24. The van der Waals surface area contributed by atoms with Crippen molar-refractivity contribution in [3.8, 4) is 0 Å². The summed E-state index contributed by atoms with van der Waals surface area (Å²) < 4.78 is 26.4. The number of hydrogen-bond donors (Lipinski definition) is 2. The molecule has 1 aliphatic rings. The van der Waals surface area contributed by atoms with Gasteiger partial charge in [-0.2, -0.15) is 0 Å². The predicted octanol–water partition coefficient (Wildman–Crippen LogP) is 2.98. The van der Waals surface area contributed by atoms with Crippen LogP contribution < -0.4 is 5.32 Å². The van der Waals surface area contributed by atoms with Crippen molar-refractivity contribution in [1.82, 2.24) is 10.2 Å². The minimum atomic E-state index is -1.47. The maximum Gasteiger partial charge on any atom is 0.256 e. The van der Waals surface area contributed by atoms with E-state index in [1.54, 1.807) is 11.3 Å². The third kappa shape index (κ3) is 4.28. The van der Waals surface area contributed by atoms with Crippen LogP contribution in [0.2, 0.25) is 0 Å². The van der Waals surface area contributed by atoms with Crippen LogP contribution in [0.25, 0.3) is 0 Å². The molecule has 2 aromatic rings. The number of piperidine rings is 1. The number of carbonyl (C=O) groups excluding carboxylic acids is 1. The van der Waals surface area contributed by atoms with Gasteiger partial charge in [-0.05, 0) is 49.6 Å². The molecular weight excluding hydrogens is 358 g/mol. The fraction of sp³-hybridized carbons (Fsp3) is 0.421. The second-order valence-electron chi connectivity index (χ2n) is 6.73. The molecule has 0 saturated carbocycles. The van der Waals surface area contributed by atoms with Gasteiger partial charge < -0.3 is 15.3 Å². The minimum absolute atomic E-state index is 0.155. The van der Waals surface area contributed by atoms with Crippen LogP contribution in [0.1, 0.15) is 28.2 Å². The van der Waals surface area contributed by atoms with Crippen LogP contribution >= 0.6 is 11.3 Å². The summed E-state index contributed by atoms with van der Waals surface area (Å²) >= 11 is 1.67. The summed E-state index contributed by atoms with van der Waals surface area (Å²) in [6.45, 7) is 3.43. The molecule has 0 radical (unpaired) electrons. The molecule has 0 aliphatic carbocycles. The first-order valence-corrected chi connectivity index (χ1v) is 9.41. The maximum absolute atomic E-state index is 13.4. The molecule has 140 valence electrons. The minimum Gasteiger partial charge on any atom is -0.379 e. The fourth-order valence-corrected chi connectivity index (χ4v) is 4.07. The molecule has 26 heavy (non-hydrogen) atoms. The number of carbonyl (C=O) groups is 1. The first-order valence-electron chi connectivity index (χ1n) is 8.59. The van der Waals surface area contributed by atoms with Gasteiger partial charge in [0.2, 0.25) is 0 Å². The Kier molecular flexibility index (Phi) is 5.70. The van der Waals surface area contributed by atoms with E-state index < -0.39 is 17.2 Å². The predicted molar refractivity (Wildman–Crippen MR) is 96.7 cm³/mol. The van der Waals surface area contributed by atoms with E-state index in [9.17, 15) is 18.7 Å².